The van der Waals surface area contributed by atoms with Crippen LogP contribution in [0.5, 0.6) is 5.75 Å². The van der Waals surface area contributed by atoms with E-state index in [0.29, 0.717) is 53.6 Å². The molecule has 0 spiro atoms. The summed E-state index contributed by atoms with van der Waals surface area (Å²) in [7, 11) is 1.65. The van der Waals surface area contributed by atoms with Crippen LogP contribution in [-0.2, 0) is 14.4 Å². The van der Waals surface area contributed by atoms with E-state index < -0.39 is 0 Å². The standard InChI is InChI=1S/C37H41N7O4/c1-3-37(45)41-30-18-31(34(46-2)19-33(30)42-14-11-25(12-15-42)43-21-27-17-26(43)22-47-27)40-35-20-36(39-23-38-35)44-32(13-16-48-44)29-10-6-8-24-7-4-5-9-28(24)29/h3-10,18-20,23,25-27,32H,1,11-17,21-22H2,2H3,(H,41,45)(H,38,39,40)/t26-,27-,32-/m1/s1. The lowest BCUT2D eigenvalue weighted by Gasteiger charge is -2.41. The Bertz CT molecular complexity index is 1820. The molecule has 3 atom stereocenters. The van der Waals surface area contributed by atoms with Crippen LogP contribution in [0, 0.1) is 0 Å². The zero-order valence-electron chi connectivity index (χ0n) is 27.2. The number of hydroxylamine groups is 1. The highest BCUT2D eigenvalue weighted by atomic mass is 16.7. The van der Waals surface area contributed by atoms with Gasteiger partial charge in [-0.1, -0.05) is 49.0 Å². The fraction of sp³-hybridized carbons (Fsp3) is 0.378. The van der Waals surface area contributed by atoms with Crippen LogP contribution >= 0.6 is 0 Å². The molecular weight excluding hydrogens is 606 g/mol. The molecule has 4 aliphatic heterocycles. The highest BCUT2D eigenvalue weighted by Gasteiger charge is 2.42. The van der Waals surface area contributed by atoms with Crippen molar-refractivity contribution in [1.29, 1.82) is 0 Å². The Morgan fingerprint density at radius 2 is 1.88 bits per heavy atom. The molecule has 2 bridgehead atoms. The molecule has 5 heterocycles. The summed E-state index contributed by atoms with van der Waals surface area (Å²) in [6.07, 6.45) is 7.34. The topological polar surface area (TPSA) is 104 Å². The fourth-order valence-corrected chi connectivity index (χ4v) is 7.89. The summed E-state index contributed by atoms with van der Waals surface area (Å²) in [4.78, 5) is 32.8. The third-order valence-corrected chi connectivity index (χ3v) is 10.2. The number of piperidine rings is 1. The van der Waals surface area contributed by atoms with Crippen molar-refractivity contribution in [3.05, 3.63) is 85.2 Å². The van der Waals surface area contributed by atoms with E-state index in [1.165, 1.54) is 28.7 Å². The lowest BCUT2D eigenvalue weighted by atomic mass is 9.97. The number of carbonyl (C=O) groups is 1. The number of anilines is 5. The van der Waals surface area contributed by atoms with Crippen LogP contribution in [0.4, 0.5) is 28.7 Å². The Kier molecular flexibility index (Phi) is 8.33. The Labute approximate surface area is 280 Å². The number of hydrogen-bond acceptors (Lipinski definition) is 10. The number of fused-ring (bicyclic) bond motifs is 3. The van der Waals surface area contributed by atoms with Gasteiger partial charge in [-0.15, -0.1) is 0 Å². The summed E-state index contributed by atoms with van der Waals surface area (Å²) in [6.45, 7) is 7.93. The first-order valence-corrected chi connectivity index (χ1v) is 16.8. The number of morpholine rings is 1. The van der Waals surface area contributed by atoms with Crippen LogP contribution in [-0.4, -0.2) is 78.9 Å². The number of amides is 1. The summed E-state index contributed by atoms with van der Waals surface area (Å²) >= 11 is 0. The predicted molar refractivity (Wildman–Crippen MR) is 187 cm³/mol. The molecule has 0 aliphatic carbocycles. The second-order valence-electron chi connectivity index (χ2n) is 12.9. The second-order valence-corrected chi connectivity index (χ2v) is 12.9. The predicted octanol–water partition coefficient (Wildman–Crippen LogP) is 5.83. The van der Waals surface area contributed by atoms with Gasteiger partial charge in [-0.05, 0) is 47.7 Å². The van der Waals surface area contributed by atoms with E-state index in [4.69, 9.17) is 14.3 Å². The van der Waals surface area contributed by atoms with Gasteiger partial charge in [0.1, 0.15) is 17.9 Å². The average Bonchev–Trinajstić information content (AvgIpc) is 3.90. The number of aromatic nitrogens is 2. The van der Waals surface area contributed by atoms with E-state index in [0.717, 1.165) is 57.6 Å². The summed E-state index contributed by atoms with van der Waals surface area (Å²) in [5, 5.41) is 10.7. The van der Waals surface area contributed by atoms with Gasteiger partial charge in [0.2, 0.25) is 5.91 Å². The zero-order chi connectivity index (χ0) is 32.6. The molecule has 1 amide bonds. The third kappa shape index (κ3) is 5.82. The normalized spacial score (nSPS) is 22.7. The molecule has 11 nitrogen and oxygen atoms in total. The van der Waals surface area contributed by atoms with Crippen molar-refractivity contribution in [2.24, 2.45) is 0 Å². The van der Waals surface area contributed by atoms with Crippen LogP contribution in [0.25, 0.3) is 10.8 Å². The highest BCUT2D eigenvalue weighted by Crippen LogP contribution is 2.42. The van der Waals surface area contributed by atoms with Crippen molar-refractivity contribution >= 4 is 45.4 Å². The Balaban J connectivity index is 1.04. The molecule has 0 unspecified atom stereocenters. The molecule has 4 aliphatic rings. The van der Waals surface area contributed by atoms with Gasteiger partial charge in [0.05, 0.1) is 49.5 Å². The Hall–Kier alpha value is -4.71. The maximum atomic E-state index is 12.6. The monoisotopic (exact) mass is 647 g/mol. The fourth-order valence-electron chi connectivity index (χ4n) is 7.89. The molecule has 11 heteroatoms. The first-order chi connectivity index (χ1) is 23.6. The van der Waals surface area contributed by atoms with E-state index in [9.17, 15) is 4.79 Å². The number of rotatable bonds is 9. The second kappa shape index (κ2) is 13.1. The summed E-state index contributed by atoms with van der Waals surface area (Å²) in [5.41, 5.74) is 3.47. The van der Waals surface area contributed by atoms with Crippen molar-refractivity contribution in [2.45, 2.75) is 49.9 Å². The van der Waals surface area contributed by atoms with Crippen LogP contribution in [0.1, 0.15) is 37.3 Å². The van der Waals surface area contributed by atoms with Gasteiger partial charge in [0.15, 0.2) is 5.82 Å². The molecule has 0 radical (unpaired) electrons. The van der Waals surface area contributed by atoms with Crippen molar-refractivity contribution in [2.75, 3.05) is 60.6 Å². The molecule has 4 saturated heterocycles. The van der Waals surface area contributed by atoms with Crippen molar-refractivity contribution in [1.82, 2.24) is 14.9 Å². The SMILES string of the molecule is C=CC(=O)Nc1cc(Nc2cc(N3OCC[C@@H]3c3cccc4ccccc34)ncn2)c(OC)cc1N1CCC(N2C[C@H]3C[C@@H]2CO3)CC1. The van der Waals surface area contributed by atoms with Crippen LogP contribution in [0.2, 0.25) is 0 Å². The van der Waals surface area contributed by atoms with Gasteiger partial charge in [-0.25, -0.2) is 15.0 Å². The van der Waals surface area contributed by atoms with E-state index in [-0.39, 0.29) is 11.9 Å². The number of benzene rings is 3. The van der Waals surface area contributed by atoms with Gasteiger partial charge in [-0.3, -0.25) is 14.5 Å². The maximum absolute atomic E-state index is 12.6. The van der Waals surface area contributed by atoms with Crippen LogP contribution in [0.15, 0.2) is 79.6 Å². The first kappa shape index (κ1) is 30.6. The smallest absolute Gasteiger partial charge is 0.247 e. The minimum atomic E-state index is -0.273. The number of likely N-dealkylation sites (tertiary alicyclic amines) is 1. The van der Waals surface area contributed by atoms with Crippen LogP contribution in [0.3, 0.4) is 0 Å². The number of methoxy groups -OCH3 is 1. The van der Waals surface area contributed by atoms with Gasteiger partial charge < -0.3 is 25.0 Å². The molecule has 3 aromatic carbocycles. The lowest BCUT2D eigenvalue weighted by molar-refractivity contribution is -0.111. The number of nitrogens with zero attached hydrogens (tertiary/aromatic N) is 5. The third-order valence-electron chi connectivity index (χ3n) is 10.2. The molecule has 4 aromatic rings. The minimum absolute atomic E-state index is 0.00600. The van der Waals surface area contributed by atoms with Crippen molar-refractivity contribution in [3.63, 3.8) is 0 Å². The van der Waals surface area contributed by atoms with Crippen LogP contribution < -0.4 is 25.3 Å². The van der Waals surface area contributed by atoms with Crippen molar-refractivity contribution in [3.8, 4) is 5.75 Å². The summed E-state index contributed by atoms with van der Waals surface area (Å²) < 4.78 is 11.7. The molecule has 248 valence electrons. The molecule has 8 rings (SSSR count). The molecule has 48 heavy (non-hydrogen) atoms. The largest absolute Gasteiger partial charge is 0.494 e. The van der Waals surface area contributed by atoms with E-state index in [1.54, 1.807) is 7.11 Å². The quantitative estimate of drug-likeness (QED) is 0.216. The number of ether oxygens (including phenoxy) is 2. The molecule has 4 fully saturated rings. The van der Waals surface area contributed by atoms with Gasteiger partial charge in [0, 0.05) is 50.3 Å². The summed E-state index contributed by atoms with van der Waals surface area (Å²) in [5.74, 6) is 1.59. The number of hydrogen-bond donors (Lipinski definition) is 2. The Morgan fingerprint density at radius 3 is 2.67 bits per heavy atom. The number of carbonyl (C=O) groups excluding carboxylic acids is 1. The summed E-state index contributed by atoms with van der Waals surface area (Å²) in [6, 6.07) is 21.7. The van der Waals surface area contributed by atoms with Crippen molar-refractivity contribution < 1.29 is 19.1 Å². The molecule has 2 N–H and O–H groups in total. The van der Waals surface area contributed by atoms with Gasteiger partial charge >= 0.3 is 0 Å². The average molecular weight is 648 g/mol. The van der Waals surface area contributed by atoms with E-state index >= 15 is 0 Å². The molecule has 0 saturated carbocycles. The Morgan fingerprint density at radius 1 is 1.02 bits per heavy atom. The zero-order valence-corrected chi connectivity index (χ0v) is 27.2. The van der Waals surface area contributed by atoms with Gasteiger partial charge in [-0.2, -0.15) is 0 Å². The molecule has 1 aromatic heterocycles. The maximum Gasteiger partial charge on any atom is 0.247 e. The first-order valence-electron chi connectivity index (χ1n) is 16.8. The highest BCUT2D eigenvalue weighted by molar-refractivity contribution is 6.02. The molecular formula is C37H41N7O4. The van der Waals surface area contributed by atoms with E-state index in [2.05, 4.69) is 79.4 Å². The minimum Gasteiger partial charge on any atom is -0.494 e. The van der Waals surface area contributed by atoms with E-state index in [1.807, 2.05) is 23.3 Å². The van der Waals surface area contributed by atoms with Gasteiger partial charge in [0.25, 0.3) is 0 Å². The lowest BCUT2D eigenvalue weighted by Crippen LogP contribution is -2.49. The number of nitrogens with one attached hydrogen (secondary N) is 2.